The summed E-state index contributed by atoms with van der Waals surface area (Å²) in [4.78, 5) is 15.4. The van der Waals surface area contributed by atoms with Crippen LogP contribution in [-0.4, -0.2) is 30.5 Å². The molecule has 3 rings (SSSR count). The molecule has 1 aromatic carbocycles. The number of nitrogens with zero attached hydrogens (tertiary/aromatic N) is 2. The minimum absolute atomic E-state index is 0.0678. The fraction of sp³-hybridized carbons (Fsp3) is 0.176. The number of fused-ring (bicyclic) bond motifs is 1. The summed E-state index contributed by atoms with van der Waals surface area (Å²) < 4.78 is 32.0. The van der Waals surface area contributed by atoms with Crippen LogP contribution in [0.1, 0.15) is 12.1 Å². The van der Waals surface area contributed by atoms with Gasteiger partial charge < -0.3 is 4.74 Å². The van der Waals surface area contributed by atoms with Crippen molar-refractivity contribution in [1.82, 2.24) is 8.96 Å². The Labute approximate surface area is 150 Å². The van der Waals surface area contributed by atoms with Gasteiger partial charge in [0.25, 0.3) is 10.0 Å². The summed E-state index contributed by atoms with van der Waals surface area (Å²) in [6.45, 7) is 0. The van der Waals surface area contributed by atoms with Crippen molar-refractivity contribution in [3.8, 4) is 0 Å². The van der Waals surface area contributed by atoms with Crippen LogP contribution in [-0.2, 0) is 26.0 Å². The molecule has 2 heterocycles. The third-order valence-electron chi connectivity index (χ3n) is 3.75. The lowest BCUT2D eigenvalue weighted by Gasteiger charge is -2.11. The maximum absolute atomic E-state index is 13.1. The van der Waals surface area contributed by atoms with Gasteiger partial charge in [0, 0.05) is 22.3 Å². The summed E-state index contributed by atoms with van der Waals surface area (Å²) in [6, 6.07) is 11.3. The number of pyridine rings is 1. The molecular weight excluding hydrogens is 364 g/mol. The highest BCUT2D eigenvalue weighted by atomic mass is 35.5. The number of methoxy groups -OCH3 is 1. The van der Waals surface area contributed by atoms with Gasteiger partial charge in [-0.3, -0.25) is 4.79 Å². The second-order valence-corrected chi connectivity index (χ2v) is 7.52. The number of halogens is 1. The monoisotopic (exact) mass is 378 g/mol. The number of aryl methyl sites for hydroxylation is 1. The summed E-state index contributed by atoms with van der Waals surface area (Å²) in [5.74, 6) is -0.412. The molecule has 0 aliphatic carbocycles. The van der Waals surface area contributed by atoms with Gasteiger partial charge in [0.15, 0.2) is 5.03 Å². The average molecular weight is 379 g/mol. The molecule has 0 spiro atoms. The lowest BCUT2D eigenvalue weighted by Crippen LogP contribution is -2.17. The first kappa shape index (κ1) is 17.4. The van der Waals surface area contributed by atoms with Gasteiger partial charge in [-0.2, -0.15) is 8.42 Å². The predicted octanol–water partition coefficient (Wildman–Crippen LogP) is 3.03. The first-order valence-electron chi connectivity index (χ1n) is 7.47. The number of esters is 1. The van der Waals surface area contributed by atoms with Crippen molar-refractivity contribution >= 4 is 38.5 Å². The molecule has 2 aromatic heterocycles. The highest BCUT2D eigenvalue weighted by molar-refractivity contribution is 7.90. The molecule has 0 amide bonds. The highest BCUT2D eigenvalue weighted by Gasteiger charge is 2.24. The Hall–Kier alpha value is -2.38. The number of hydrogen-bond donors (Lipinski definition) is 0. The van der Waals surface area contributed by atoms with Crippen LogP contribution in [0.3, 0.4) is 0 Å². The number of carbonyl (C=O) groups is 1. The zero-order valence-corrected chi connectivity index (χ0v) is 14.9. The second kappa shape index (κ2) is 6.85. The lowest BCUT2D eigenvalue weighted by atomic mass is 10.2. The molecule has 0 saturated carbocycles. The molecule has 0 aliphatic heterocycles. The first-order chi connectivity index (χ1) is 11.9. The minimum Gasteiger partial charge on any atom is -0.469 e. The number of hydrogen-bond acceptors (Lipinski definition) is 5. The molecule has 0 fully saturated rings. The lowest BCUT2D eigenvalue weighted by molar-refractivity contribution is -0.140. The van der Waals surface area contributed by atoms with Crippen LogP contribution < -0.4 is 0 Å². The van der Waals surface area contributed by atoms with Gasteiger partial charge in [-0.15, -0.1) is 0 Å². The van der Waals surface area contributed by atoms with Crippen LogP contribution in [0.2, 0.25) is 5.02 Å². The molecule has 3 aromatic rings. The molecule has 0 aliphatic rings. The first-order valence-corrected chi connectivity index (χ1v) is 9.28. The van der Waals surface area contributed by atoms with Crippen LogP contribution in [0.4, 0.5) is 0 Å². The number of rotatable bonds is 5. The summed E-state index contributed by atoms with van der Waals surface area (Å²) in [6.07, 6.45) is 1.70. The largest absolute Gasteiger partial charge is 0.469 e. The van der Waals surface area contributed by atoms with Crippen molar-refractivity contribution in [2.24, 2.45) is 0 Å². The standard InChI is InChI=1S/C17H15ClN2O4S/c1-24-17(21)8-6-14-11-12-10-13(18)5-7-15(12)20(14)25(22,23)16-4-2-3-9-19-16/h2-5,7,9-11H,6,8H2,1H3. The van der Waals surface area contributed by atoms with Crippen molar-refractivity contribution in [2.45, 2.75) is 17.9 Å². The Balaban J connectivity index is 2.19. The molecule has 0 N–H and O–H groups in total. The van der Waals surface area contributed by atoms with Crippen molar-refractivity contribution in [1.29, 1.82) is 0 Å². The van der Waals surface area contributed by atoms with Gasteiger partial charge >= 0.3 is 5.97 Å². The Morgan fingerprint density at radius 2 is 2.04 bits per heavy atom. The van der Waals surface area contributed by atoms with Crippen molar-refractivity contribution in [2.75, 3.05) is 7.11 Å². The van der Waals surface area contributed by atoms with E-state index in [0.717, 1.165) is 0 Å². The summed E-state index contributed by atoms with van der Waals surface area (Å²) in [5.41, 5.74) is 0.947. The molecule has 8 heteroatoms. The highest BCUT2D eigenvalue weighted by Crippen LogP contribution is 2.28. The number of ether oxygens (including phenoxy) is 1. The van der Waals surface area contributed by atoms with Gasteiger partial charge in [0.1, 0.15) is 0 Å². The topological polar surface area (TPSA) is 78.3 Å². The molecule has 0 atom stereocenters. The summed E-state index contributed by atoms with van der Waals surface area (Å²) in [7, 11) is -2.62. The number of carbonyl (C=O) groups excluding carboxylic acids is 1. The molecule has 25 heavy (non-hydrogen) atoms. The quantitative estimate of drug-likeness (QED) is 0.637. The molecular formula is C17H15ClN2O4S. The second-order valence-electron chi connectivity index (χ2n) is 5.35. The maximum Gasteiger partial charge on any atom is 0.305 e. The van der Waals surface area contributed by atoms with Crippen LogP contribution in [0, 0.1) is 0 Å². The fourth-order valence-corrected chi connectivity index (χ4v) is 4.29. The molecule has 6 nitrogen and oxygen atoms in total. The molecule has 0 bridgehead atoms. The zero-order chi connectivity index (χ0) is 18.0. The summed E-state index contributed by atoms with van der Waals surface area (Å²) >= 11 is 6.02. The van der Waals surface area contributed by atoms with Crippen LogP contribution in [0.25, 0.3) is 10.9 Å². The van der Waals surface area contributed by atoms with E-state index in [4.69, 9.17) is 11.6 Å². The zero-order valence-electron chi connectivity index (χ0n) is 13.3. The van der Waals surface area contributed by atoms with E-state index in [1.165, 1.54) is 23.3 Å². The Morgan fingerprint density at radius 1 is 1.24 bits per heavy atom. The normalized spacial score (nSPS) is 11.6. The van der Waals surface area contributed by atoms with Crippen LogP contribution in [0.5, 0.6) is 0 Å². The number of aromatic nitrogens is 2. The van der Waals surface area contributed by atoms with E-state index >= 15 is 0 Å². The van der Waals surface area contributed by atoms with E-state index in [1.807, 2.05) is 0 Å². The Bertz CT molecular complexity index is 1030. The Morgan fingerprint density at radius 3 is 2.72 bits per heavy atom. The van der Waals surface area contributed by atoms with Crippen molar-refractivity contribution in [3.63, 3.8) is 0 Å². The van der Waals surface area contributed by atoms with Gasteiger partial charge in [-0.1, -0.05) is 17.7 Å². The van der Waals surface area contributed by atoms with E-state index in [0.29, 0.717) is 21.6 Å². The van der Waals surface area contributed by atoms with E-state index in [1.54, 1.807) is 36.4 Å². The summed E-state index contributed by atoms with van der Waals surface area (Å²) in [5, 5.41) is 1.10. The predicted molar refractivity (Wildman–Crippen MR) is 94.1 cm³/mol. The van der Waals surface area contributed by atoms with Crippen molar-refractivity contribution < 1.29 is 17.9 Å². The molecule has 0 unspecified atom stereocenters. The van der Waals surface area contributed by atoms with E-state index in [-0.39, 0.29) is 17.9 Å². The molecule has 130 valence electrons. The van der Waals surface area contributed by atoms with Gasteiger partial charge in [0.05, 0.1) is 19.0 Å². The SMILES string of the molecule is COC(=O)CCc1cc2cc(Cl)ccc2n1S(=O)(=O)c1ccccn1. The fourth-order valence-electron chi connectivity index (χ4n) is 2.60. The van der Waals surface area contributed by atoms with Gasteiger partial charge in [0.2, 0.25) is 0 Å². The third kappa shape index (κ3) is 3.38. The van der Waals surface area contributed by atoms with E-state index in [9.17, 15) is 13.2 Å². The molecule has 0 radical (unpaired) electrons. The van der Waals surface area contributed by atoms with Crippen LogP contribution >= 0.6 is 11.6 Å². The number of benzene rings is 1. The average Bonchev–Trinajstić information content (AvgIpc) is 2.98. The maximum atomic E-state index is 13.1. The Kier molecular flexibility index (Phi) is 4.78. The third-order valence-corrected chi connectivity index (χ3v) is 5.66. The van der Waals surface area contributed by atoms with Gasteiger partial charge in [-0.25, -0.2) is 8.96 Å². The van der Waals surface area contributed by atoms with Crippen molar-refractivity contribution in [3.05, 3.63) is 59.4 Å². The van der Waals surface area contributed by atoms with E-state index < -0.39 is 16.0 Å². The van der Waals surface area contributed by atoms with E-state index in [2.05, 4.69) is 9.72 Å². The smallest absolute Gasteiger partial charge is 0.305 e. The molecule has 0 saturated heterocycles. The van der Waals surface area contributed by atoms with Crippen LogP contribution in [0.15, 0.2) is 53.7 Å². The van der Waals surface area contributed by atoms with Gasteiger partial charge in [-0.05, 0) is 42.8 Å². The minimum atomic E-state index is -3.91.